The van der Waals surface area contributed by atoms with E-state index in [1.54, 1.807) is 6.20 Å². The van der Waals surface area contributed by atoms with Crippen LogP contribution in [0.2, 0.25) is 0 Å². The van der Waals surface area contributed by atoms with E-state index in [9.17, 15) is 4.79 Å². The molecule has 0 radical (unpaired) electrons. The molecule has 4 heteroatoms. The predicted octanol–water partition coefficient (Wildman–Crippen LogP) is 2.04. The minimum atomic E-state index is -0.208. The van der Waals surface area contributed by atoms with Crippen molar-refractivity contribution in [3.63, 3.8) is 0 Å². The fourth-order valence-corrected chi connectivity index (χ4v) is 1.76. The molecular weight excluding hydrogens is 238 g/mol. The van der Waals surface area contributed by atoms with E-state index in [2.05, 4.69) is 35.5 Å². The summed E-state index contributed by atoms with van der Waals surface area (Å²) in [5, 5.41) is 6.20. The Hall–Kier alpha value is -1.42. The number of nitrogens with zero attached hydrogens (tertiary/aromatic N) is 1. The van der Waals surface area contributed by atoms with Gasteiger partial charge in [-0.05, 0) is 38.3 Å². The van der Waals surface area contributed by atoms with Gasteiger partial charge in [-0.25, -0.2) is 0 Å². The largest absolute Gasteiger partial charge is 0.352 e. The lowest BCUT2D eigenvalue weighted by Gasteiger charge is -2.17. The van der Waals surface area contributed by atoms with Crippen LogP contribution in [-0.2, 0) is 17.8 Å². The molecule has 0 bridgehead atoms. The predicted molar refractivity (Wildman–Crippen MR) is 77.8 cm³/mol. The standard InChI is InChI=1S/C15H25N3O/c1-5-11(3)18-15(19)12(4)17-10-14-13(6-2)8-7-9-16-14/h7-9,11-12,17H,5-6,10H2,1-4H3,(H,18,19). The molecule has 1 rings (SSSR count). The van der Waals surface area contributed by atoms with Crippen LogP contribution in [0.5, 0.6) is 0 Å². The molecule has 0 fully saturated rings. The molecule has 1 amide bonds. The third kappa shape index (κ3) is 4.99. The van der Waals surface area contributed by atoms with Crippen LogP contribution < -0.4 is 10.6 Å². The van der Waals surface area contributed by atoms with Crippen LogP contribution in [0.15, 0.2) is 18.3 Å². The van der Waals surface area contributed by atoms with Crippen molar-refractivity contribution in [3.8, 4) is 0 Å². The highest BCUT2D eigenvalue weighted by molar-refractivity contribution is 5.81. The molecular formula is C15H25N3O. The molecule has 2 N–H and O–H groups in total. The molecule has 0 spiro atoms. The minimum absolute atomic E-state index is 0.0447. The van der Waals surface area contributed by atoms with E-state index in [0.717, 1.165) is 18.5 Å². The maximum Gasteiger partial charge on any atom is 0.237 e. The highest BCUT2D eigenvalue weighted by Gasteiger charge is 2.14. The Kier molecular flexibility index (Phi) is 6.50. The first-order chi connectivity index (χ1) is 9.08. The number of pyridine rings is 1. The van der Waals surface area contributed by atoms with E-state index in [1.807, 2.05) is 19.9 Å². The van der Waals surface area contributed by atoms with E-state index in [1.165, 1.54) is 5.56 Å². The average molecular weight is 263 g/mol. The molecule has 0 saturated carbocycles. The lowest BCUT2D eigenvalue weighted by Crippen LogP contribution is -2.45. The van der Waals surface area contributed by atoms with E-state index >= 15 is 0 Å². The number of aromatic nitrogens is 1. The molecule has 1 aromatic rings. The molecule has 0 aliphatic carbocycles. The van der Waals surface area contributed by atoms with Gasteiger partial charge in [0, 0.05) is 18.8 Å². The highest BCUT2D eigenvalue weighted by atomic mass is 16.2. The van der Waals surface area contributed by atoms with Crippen LogP contribution >= 0.6 is 0 Å². The van der Waals surface area contributed by atoms with Crippen molar-refractivity contribution in [1.82, 2.24) is 15.6 Å². The van der Waals surface area contributed by atoms with Gasteiger partial charge in [0.25, 0.3) is 0 Å². The van der Waals surface area contributed by atoms with Crippen LogP contribution in [0.25, 0.3) is 0 Å². The zero-order valence-electron chi connectivity index (χ0n) is 12.4. The van der Waals surface area contributed by atoms with Gasteiger partial charge < -0.3 is 10.6 Å². The van der Waals surface area contributed by atoms with Crippen LogP contribution in [0.1, 0.15) is 45.4 Å². The topological polar surface area (TPSA) is 54.0 Å². The molecule has 2 atom stereocenters. The Balaban J connectivity index is 2.49. The summed E-state index contributed by atoms with van der Waals surface area (Å²) in [6.45, 7) is 8.69. The summed E-state index contributed by atoms with van der Waals surface area (Å²) < 4.78 is 0. The third-order valence-corrected chi connectivity index (χ3v) is 3.34. The quantitative estimate of drug-likeness (QED) is 0.791. The molecule has 4 nitrogen and oxygen atoms in total. The molecule has 2 unspecified atom stereocenters. The Morgan fingerprint density at radius 3 is 2.74 bits per heavy atom. The van der Waals surface area contributed by atoms with Gasteiger partial charge in [0.1, 0.15) is 0 Å². The number of aryl methyl sites for hydroxylation is 1. The second kappa shape index (κ2) is 7.89. The van der Waals surface area contributed by atoms with Crippen molar-refractivity contribution in [1.29, 1.82) is 0 Å². The van der Waals surface area contributed by atoms with E-state index in [-0.39, 0.29) is 18.0 Å². The SMILES string of the molecule is CCc1cccnc1CNC(C)C(=O)NC(C)CC. The van der Waals surface area contributed by atoms with Crippen LogP contribution in [-0.4, -0.2) is 23.0 Å². The Labute approximate surface area is 116 Å². The molecule has 0 aromatic carbocycles. The van der Waals surface area contributed by atoms with Crippen molar-refractivity contribution in [2.24, 2.45) is 0 Å². The van der Waals surface area contributed by atoms with Gasteiger partial charge in [-0.15, -0.1) is 0 Å². The lowest BCUT2D eigenvalue weighted by molar-refractivity contribution is -0.123. The van der Waals surface area contributed by atoms with Gasteiger partial charge in [0.05, 0.1) is 11.7 Å². The fraction of sp³-hybridized carbons (Fsp3) is 0.600. The number of carbonyl (C=O) groups excluding carboxylic acids is 1. The Morgan fingerprint density at radius 1 is 1.37 bits per heavy atom. The number of hydrogen-bond acceptors (Lipinski definition) is 3. The first kappa shape index (κ1) is 15.6. The summed E-state index contributed by atoms with van der Waals surface area (Å²) in [5.41, 5.74) is 2.25. The van der Waals surface area contributed by atoms with Crippen LogP contribution in [0.4, 0.5) is 0 Å². The van der Waals surface area contributed by atoms with Gasteiger partial charge in [0.15, 0.2) is 0 Å². The summed E-state index contributed by atoms with van der Waals surface area (Å²) >= 11 is 0. The first-order valence-electron chi connectivity index (χ1n) is 7.05. The zero-order valence-corrected chi connectivity index (χ0v) is 12.4. The van der Waals surface area contributed by atoms with Crippen molar-refractivity contribution in [2.75, 3.05) is 0 Å². The maximum atomic E-state index is 11.9. The maximum absolute atomic E-state index is 11.9. The molecule has 0 saturated heterocycles. The summed E-state index contributed by atoms with van der Waals surface area (Å²) in [6, 6.07) is 4.04. The summed E-state index contributed by atoms with van der Waals surface area (Å²) in [5.74, 6) is 0.0447. The monoisotopic (exact) mass is 263 g/mol. The first-order valence-corrected chi connectivity index (χ1v) is 7.05. The average Bonchev–Trinajstić information content (AvgIpc) is 2.44. The van der Waals surface area contributed by atoms with Crippen molar-refractivity contribution in [3.05, 3.63) is 29.6 Å². The minimum Gasteiger partial charge on any atom is -0.352 e. The summed E-state index contributed by atoms with van der Waals surface area (Å²) in [4.78, 5) is 16.3. The molecule has 1 heterocycles. The molecule has 0 aliphatic heterocycles. The highest BCUT2D eigenvalue weighted by Crippen LogP contribution is 2.06. The Bertz CT molecular complexity index is 406. The van der Waals surface area contributed by atoms with E-state index < -0.39 is 0 Å². The van der Waals surface area contributed by atoms with Crippen LogP contribution in [0.3, 0.4) is 0 Å². The second-order valence-corrected chi connectivity index (χ2v) is 4.88. The number of nitrogens with one attached hydrogen (secondary N) is 2. The van der Waals surface area contributed by atoms with Gasteiger partial charge in [-0.1, -0.05) is 19.9 Å². The molecule has 0 aliphatic rings. The normalized spacial score (nSPS) is 13.9. The number of hydrogen-bond donors (Lipinski definition) is 2. The number of rotatable bonds is 7. The van der Waals surface area contributed by atoms with E-state index in [0.29, 0.717) is 6.54 Å². The molecule has 19 heavy (non-hydrogen) atoms. The number of amides is 1. The molecule has 1 aromatic heterocycles. The summed E-state index contributed by atoms with van der Waals surface area (Å²) in [6.07, 6.45) is 3.69. The van der Waals surface area contributed by atoms with Gasteiger partial charge in [-0.2, -0.15) is 0 Å². The van der Waals surface area contributed by atoms with Gasteiger partial charge in [-0.3, -0.25) is 9.78 Å². The van der Waals surface area contributed by atoms with Crippen molar-refractivity contribution < 1.29 is 4.79 Å². The number of carbonyl (C=O) groups is 1. The van der Waals surface area contributed by atoms with Crippen LogP contribution in [0, 0.1) is 0 Å². The Morgan fingerprint density at radius 2 is 2.11 bits per heavy atom. The van der Waals surface area contributed by atoms with Gasteiger partial charge in [0.2, 0.25) is 5.91 Å². The second-order valence-electron chi connectivity index (χ2n) is 4.88. The molecule has 106 valence electrons. The zero-order chi connectivity index (χ0) is 14.3. The smallest absolute Gasteiger partial charge is 0.237 e. The summed E-state index contributed by atoms with van der Waals surface area (Å²) in [7, 11) is 0. The van der Waals surface area contributed by atoms with Crippen molar-refractivity contribution >= 4 is 5.91 Å². The lowest BCUT2D eigenvalue weighted by atomic mass is 10.1. The van der Waals surface area contributed by atoms with E-state index in [4.69, 9.17) is 0 Å². The van der Waals surface area contributed by atoms with Crippen molar-refractivity contribution in [2.45, 2.75) is 59.2 Å². The third-order valence-electron chi connectivity index (χ3n) is 3.34. The fourth-order valence-electron chi connectivity index (χ4n) is 1.76. The van der Waals surface area contributed by atoms with Gasteiger partial charge >= 0.3 is 0 Å².